The topological polar surface area (TPSA) is 66.5 Å². The van der Waals surface area contributed by atoms with Crippen molar-refractivity contribution in [3.05, 3.63) is 58.4 Å². The van der Waals surface area contributed by atoms with Gasteiger partial charge in [-0.2, -0.15) is 4.31 Å². The minimum atomic E-state index is -3.68. The number of hydrogen-bond acceptors (Lipinski definition) is 3. The molecule has 0 bridgehead atoms. The van der Waals surface area contributed by atoms with E-state index in [1.807, 2.05) is 0 Å². The molecule has 0 spiro atoms. The van der Waals surface area contributed by atoms with Crippen LogP contribution < -0.4 is 5.32 Å². The summed E-state index contributed by atoms with van der Waals surface area (Å²) in [6.45, 7) is 5.87. The van der Waals surface area contributed by atoms with Crippen molar-refractivity contribution < 1.29 is 17.6 Å². The lowest BCUT2D eigenvalue weighted by Gasteiger charge is -2.19. The Morgan fingerprint density at radius 2 is 1.81 bits per heavy atom. The van der Waals surface area contributed by atoms with Gasteiger partial charge in [0, 0.05) is 18.7 Å². The summed E-state index contributed by atoms with van der Waals surface area (Å²) in [5.41, 5.74) is 1.06. The molecule has 1 amide bonds. The highest BCUT2D eigenvalue weighted by molar-refractivity contribution is 7.89. The smallest absolute Gasteiger partial charge is 0.256 e. The fourth-order valence-electron chi connectivity index (χ4n) is 2.50. The van der Waals surface area contributed by atoms with E-state index in [2.05, 4.69) is 5.32 Å². The highest BCUT2D eigenvalue weighted by atomic mass is 35.5. The third-order valence-electron chi connectivity index (χ3n) is 3.98. The van der Waals surface area contributed by atoms with Crippen LogP contribution in [0.2, 0.25) is 5.02 Å². The minimum absolute atomic E-state index is 0.0437. The van der Waals surface area contributed by atoms with Gasteiger partial charge in [0.05, 0.1) is 15.6 Å². The van der Waals surface area contributed by atoms with Gasteiger partial charge in [-0.3, -0.25) is 4.79 Å². The van der Waals surface area contributed by atoms with E-state index in [4.69, 9.17) is 11.6 Å². The summed E-state index contributed by atoms with van der Waals surface area (Å²) in [5, 5.41) is 2.64. The lowest BCUT2D eigenvalue weighted by molar-refractivity contribution is 0.102. The Morgan fingerprint density at radius 1 is 1.15 bits per heavy atom. The molecule has 0 fully saturated rings. The monoisotopic (exact) mass is 398 g/mol. The molecular weight excluding hydrogens is 379 g/mol. The van der Waals surface area contributed by atoms with Crippen molar-refractivity contribution in [1.82, 2.24) is 4.31 Å². The molecule has 2 rings (SSSR count). The summed E-state index contributed by atoms with van der Waals surface area (Å²) < 4.78 is 39.8. The van der Waals surface area contributed by atoms with Gasteiger partial charge in [-0.05, 0) is 42.8 Å². The second-order valence-corrected chi connectivity index (χ2v) is 7.99. The molecule has 8 heteroatoms. The van der Waals surface area contributed by atoms with Crippen molar-refractivity contribution >= 4 is 33.2 Å². The molecule has 0 heterocycles. The zero-order valence-electron chi connectivity index (χ0n) is 14.7. The van der Waals surface area contributed by atoms with Crippen LogP contribution in [0.1, 0.15) is 29.8 Å². The van der Waals surface area contributed by atoms with Crippen LogP contribution in [-0.2, 0) is 10.0 Å². The summed E-state index contributed by atoms with van der Waals surface area (Å²) in [4.78, 5) is 12.6. The fourth-order valence-corrected chi connectivity index (χ4v) is 4.20. The first-order valence-corrected chi connectivity index (χ1v) is 9.89. The number of halogens is 2. The van der Waals surface area contributed by atoms with Crippen molar-refractivity contribution in [2.75, 3.05) is 18.4 Å². The zero-order valence-corrected chi connectivity index (χ0v) is 16.3. The predicted molar refractivity (Wildman–Crippen MR) is 101 cm³/mol. The number of sulfonamides is 1. The van der Waals surface area contributed by atoms with Gasteiger partial charge >= 0.3 is 0 Å². The molecule has 0 saturated heterocycles. The third-order valence-corrected chi connectivity index (χ3v) is 6.33. The molecule has 2 aromatic rings. The SMILES string of the molecule is CCN(CC)S(=O)(=O)c1ccc(C)c(C(=O)Nc2ccc(F)cc2Cl)c1. The largest absolute Gasteiger partial charge is 0.321 e. The number of amides is 1. The number of hydrogen-bond donors (Lipinski definition) is 1. The maximum absolute atomic E-state index is 13.1. The van der Waals surface area contributed by atoms with E-state index in [0.29, 0.717) is 18.7 Å². The number of nitrogens with one attached hydrogen (secondary N) is 1. The molecule has 1 N–H and O–H groups in total. The van der Waals surface area contributed by atoms with Crippen LogP contribution in [0.4, 0.5) is 10.1 Å². The standard InChI is InChI=1S/C18H20ClFN2O3S/c1-4-22(5-2)26(24,25)14-8-6-12(3)15(11-14)18(23)21-17-9-7-13(20)10-16(17)19/h6-11H,4-5H2,1-3H3,(H,21,23). The van der Waals surface area contributed by atoms with Gasteiger partial charge in [-0.25, -0.2) is 12.8 Å². The van der Waals surface area contributed by atoms with Crippen molar-refractivity contribution in [3.8, 4) is 0 Å². The highest BCUT2D eigenvalue weighted by Gasteiger charge is 2.23. The summed E-state index contributed by atoms with van der Waals surface area (Å²) in [7, 11) is -3.68. The first-order valence-electron chi connectivity index (χ1n) is 8.07. The molecule has 0 radical (unpaired) electrons. The number of carbonyl (C=O) groups is 1. The first kappa shape index (κ1) is 20.4. The normalized spacial score (nSPS) is 11.6. The molecule has 0 aliphatic carbocycles. The Bertz CT molecular complexity index is 928. The van der Waals surface area contributed by atoms with Gasteiger partial charge in [0.1, 0.15) is 5.82 Å². The summed E-state index contributed by atoms with van der Waals surface area (Å²) >= 11 is 5.93. The third kappa shape index (κ3) is 4.23. The second kappa shape index (κ2) is 8.16. The van der Waals surface area contributed by atoms with Crippen molar-refractivity contribution in [2.24, 2.45) is 0 Å². The van der Waals surface area contributed by atoms with E-state index in [0.717, 1.165) is 6.07 Å². The van der Waals surface area contributed by atoms with E-state index in [1.165, 1.54) is 28.6 Å². The van der Waals surface area contributed by atoms with E-state index in [9.17, 15) is 17.6 Å². The highest BCUT2D eigenvalue weighted by Crippen LogP contribution is 2.25. The quantitative estimate of drug-likeness (QED) is 0.797. The number of anilines is 1. The van der Waals surface area contributed by atoms with Crippen molar-refractivity contribution in [3.63, 3.8) is 0 Å². The van der Waals surface area contributed by atoms with E-state index >= 15 is 0 Å². The number of aryl methyl sites for hydroxylation is 1. The average molecular weight is 399 g/mol. The Labute approximate surface area is 157 Å². The van der Waals surface area contributed by atoms with Crippen molar-refractivity contribution in [2.45, 2.75) is 25.7 Å². The number of rotatable bonds is 6. The van der Waals surface area contributed by atoms with Crippen LogP contribution in [0, 0.1) is 12.7 Å². The molecule has 0 aliphatic heterocycles. The second-order valence-electron chi connectivity index (χ2n) is 5.64. The Morgan fingerprint density at radius 3 is 2.38 bits per heavy atom. The molecule has 5 nitrogen and oxygen atoms in total. The van der Waals surface area contributed by atoms with Gasteiger partial charge in [0.2, 0.25) is 10.0 Å². The summed E-state index contributed by atoms with van der Waals surface area (Å²) in [6, 6.07) is 8.01. The van der Waals surface area contributed by atoms with Gasteiger partial charge in [-0.1, -0.05) is 31.5 Å². The molecule has 0 saturated carbocycles. The summed E-state index contributed by atoms with van der Waals surface area (Å²) in [6.07, 6.45) is 0. The fraction of sp³-hybridized carbons (Fsp3) is 0.278. The minimum Gasteiger partial charge on any atom is -0.321 e. The van der Waals surface area contributed by atoms with Crippen LogP contribution in [0.3, 0.4) is 0 Å². The van der Waals surface area contributed by atoms with Gasteiger partial charge in [-0.15, -0.1) is 0 Å². The van der Waals surface area contributed by atoms with E-state index in [1.54, 1.807) is 26.8 Å². The molecule has 140 valence electrons. The Kier molecular flexibility index (Phi) is 6.39. The maximum Gasteiger partial charge on any atom is 0.256 e. The predicted octanol–water partition coefficient (Wildman–Crippen LogP) is 4.07. The Hall–Kier alpha value is -1.96. The maximum atomic E-state index is 13.1. The van der Waals surface area contributed by atoms with Crippen LogP contribution >= 0.6 is 11.6 Å². The van der Waals surface area contributed by atoms with Crippen LogP contribution in [-0.4, -0.2) is 31.7 Å². The van der Waals surface area contributed by atoms with E-state index < -0.39 is 21.7 Å². The van der Waals surface area contributed by atoms with Crippen LogP contribution in [0.25, 0.3) is 0 Å². The average Bonchev–Trinajstić information content (AvgIpc) is 2.58. The summed E-state index contributed by atoms with van der Waals surface area (Å²) in [5.74, 6) is -1.04. The number of carbonyl (C=O) groups excluding carboxylic acids is 1. The van der Waals surface area contributed by atoms with Gasteiger partial charge in [0.25, 0.3) is 5.91 Å². The van der Waals surface area contributed by atoms with E-state index in [-0.39, 0.29) is 21.2 Å². The van der Waals surface area contributed by atoms with Gasteiger partial charge in [0.15, 0.2) is 0 Å². The lowest BCUT2D eigenvalue weighted by atomic mass is 10.1. The molecule has 0 atom stereocenters. The van der Waals surface area contributed by atoms with Crippen molar-refractivity contribution in [1.29, 1.82) is 0 Å². The molecule has 26 heavy (non-hydrogen) atoms. The first-order chi connectivity index (χ1) is 12.2. The van der Waals surface area contributed by atoms with Gasteiger partial charge < -0.3 is 5.32 Å². The van der Waals surface area contributed by atoms with Crippen LogP contribution in [0.15, 0.2) is 41.3 Å². The molecule has 0 aliphatic rings. The molecular formula is C18H20ClFN2O3S. The molecule has 0 unspecified atom stereocenters. The zero-order chi connectivity index (χ0) is 19.5. The number of benzene rings is 2. The molecule has 2 aromatic carbocycles. The van der Waals surface area contributed by atoms with Crippen LogP contribution in [0.5, 0.6) is 0 Å². The Balaban J connectivity index is 2.39. The molecule has 0 aromatic heterocycles. The number of nitrogens with zero attached hydrogens (tertiary/aromatic N) is 1. The lowest BCUT2D eigenvalue weighted by Crippen LogP contribution is -2.30.